The van der Waals surface area contributed by atoms with Crippen molar-refractivity contribution in [3.05, 3.63) is 29.6 Å². The zero-order valence-electron chi connectivity index (χ0n) is 11.3. The molecule has 4 nitrogen and oxygen atoms in total. The topological polar surface area (TPSA) is 63.6 Å². The molecule has 1 aliphatic rings. The van der Waals surface area contributed by atoms with E-state index in [0.717, 1.165) is 0 Å². The first kappa shape index (κ1) is 14.5. The highest BCUT2D eigenvalue weighted by molar-refractivity contribution is 6.03. The molecule has 1 aromatic carbocycles. The molecule has 1 atom stereocenters. The number of rotatable bonds is 4. The molecule has 1 aromatic rings. The second kappa shape index (κ2) is 5.61. The number of halogens is 1. The van der Waals surface area contributed by atoms with E-state index in [9.17, 15) is 19.1 Å². The summed E-state index contributed by atoms with van der Waals surface area (Å²) >= 11 is 0. The smallest absolute Gasteiger partial charge is 0.317 e. The van der Waals surface area contributed by atoms with E-state index in [1.807, 2.05) is 0 Å². The molecule has 2 rings (SSSR count). The fourth-order valence-electron chi connectivity index (χ4n) is 2.76. The van der Waals surface area contributed by atoms with E-state index in [1.165, 1.54) is 19.2 Å². The van der Waals surface area contributed by atoms with Gasteiger partial charge in [0.2, 0.25) is 0 Å². The lowest BCUT2D eigenvalue weighted by molar-refractivity contribution is -0.157. The van der Waals surface area contributed by atoms with E-state index in [1.54, 1.807) is 6.07 Å². The van der Waals surface area contributed by atoms with Crippen LogP contribution in [0.5, 0.6) is 5.75 Å². The number of hydrogen-bond acceptors (Lipinski definition) is 3. The summed E-state index contributed by atoms with van der Waals surface area (Å²) < 4.78 is 19.0. The van der Waals surface area contributed by atoms with Crippen LogP contribution in [0.25, 0.3) is 0 Å². The molecule has 0 amide bonds. The van der Waals surface area contributed by atoms with Crippen molar-refractivity contribution in [2.75, 3.05) is 7.11 Å². The Morgan fingerprint density at radius 1 is 1.45 bits per heavy atom. The molecule has 1 saturated carbocycles. The molecule has 0 aliphatic heterocycles. The first-order chi connectivity index (χ1) is 9.51. The lowest BCUT2D eigenvalue weighted by Gasteiger charge is -2.31. The van der Waals surface area contributed by atoms with Crippen molar-refractivity contribution in [3.63, 3.8) is 0 Å². The van der Waals surface area contributed by atoms with Gasteiger partial charge in [-0.05, 0) is 30.9 Å². The lowest BCUT2D eigenvalue weighted by Crippen LogP contribution is -2.43. The summed E-state index contributed by atoms with van der Waals surface area (Å²) in [5.74, 6) is -2.00. The summed E-state index contributed by atoms with van der Waals surface area (Å²) in [6.07, 6.45) is 1.76. The Hall–Kier alpha value is -1.91. The van der Waals surface area contributed by atoms with Crippen LogP contribution in [-0.2, 0) is 16.0 Å². The largest absolute Gasteiger partial charge is 0.494 e. The van der Waals surface area contributed by atoms with Gasteiger partial charge in [-0.3, -0.25) is 9.59 Å². The van der Waals surface area contributed by atoms with Crippen LogP contribution in [0.15, 0.2) is 18.2 Å². The number of hydrogen-bond donors (Lipinski definition) is 1. The Labute approximate surface area is 116 Å². The number of carboxylic acid groups (broad SMARTS) is 1. The van der Waals surface area contributed by atoms with Crippen LogP contribution in [0.4, 0.5) is 4.39 Å². The number of ether oxygens (including phenoxy) is 1. The van der Waals surface area contributed by atoms with E-state index in [0.29, 0.717) is 12.8 Å². The number of benzene rings is 1. The average molecular weight is 280 g/mol. The highest BCUT2D eigenvalue weighted by Gasteiger charge is 2.47. The van der Waals surface area contributed by atoms with Gasteiger partial charge in [0, 0.05) is 6.42 Å². The number of methoxy groups -OCH3 is 1. The Morgan fingerprint density at radius 3 is 2.80 bits per heavy atom. The average Bonchev–Trinajstić information content (AvgIpc) is 2.43. The van der Waals surface area contributed by atoms with Gasteiger partial charge in [0.1, 0.15) is 5.41 Å². The maximum absolute atomic E-state index is 14.2. The first-order valence-electron chi connectivity index (χ1n) is 6.59. The Bertz CT molecular complexity index is 541. The van der Waals surface area contributed by atoms with Gasteiger partial charge in [0.05, 0.1) is 7.11 Å². The third-order valence-electron chi connectivity index (χ3n) is 3.96. The van der Waals surface area contributed by atoms with Crippen molar-refractivity contribution in [2.24, 2.45) is 5.41 Å². The zero-order chi connectivity index (χ0) is 14.8. The Balaban J connectivity index is 2.39. The maximum Gasteiger partial charge on any atom is 0.317 e. The minimum absolute atomic E-state index is 0.0614. The Kier molecular flexibility index (Phi) is 4.06. The molecule has 1 aliphatic carbocycles. The second-order valence-electron chi connectivity index (χ2n) is 5.13. The molecule has 20 heavy (non-hydrogen) atoms. The number of carboxylic acids is 1. The molecule has 0 spiro atoms. The van der Waals surface area contributed by atoms with Gasteiger partial charge in [-0.25, -0.2) is 4.39 Å². The van der Waals surface area contributed by atoms with Gasteiger partial charge in [-0.1, -0.05) is 18.6 Å². The van der Waals surface area contributed by atoms with Crippen molar-refractivity contribution in [1.29, 1.82) is 0 Å². The second-order valence-corrected chi connectivity index (χ2v) is 5.13. The number of carbonyl (C=O) groups is 2. The molecule has 108 valence electrons. The number of Topliss-reactive ketones (excluding diaryl/α,β-unsaturated/α-hetero) is 1. The minimum atomic E-state index is -1.49. The predicted octanol–water partition coefficient (Wildman–Crippen LogP) is 2.59. The van der Waals surface area contributed by atoms with Crippen LogP contribution < -0.4 is 4.74 Å². The van der Waals surface area contributed by atoms with E-state index in [-0.39, 0.29) is 36.4 Å². The summed E-state index contributed by atoms with van der Waals surface area (Å²) in [6, 6.07) is 4.57. The molecule has 0 saturated heterocycles. The van der Waals surface area contributed by atoms with E-state index in [2.05, 4.69) is 0 Å². The number of aliphatic carboxylic acids is 1. The SMILES string of the molecule is COc1cccc(CC2(C(=O)O)CCCCC2=O)c1F. The molecule has 1 N–H and O–H groups in total. The summed E-state index contributed by atoms with van der Waals surface area (Å²) in [7, 11) is 1.35. The lowest BCUT2D eigenvalue weighted by atomic mass is 9.69. The molecule has 0 aromatic heterocycles. The van der Waals surface area contributed by atoms with E-state index in [4.69, 9.17) is 4.74 Å². The van der Waals surface area contributed by atoms with Gasteiger partial charge in [0.15, 0.2) is 17.3 Å². The summed E-state index contributed by atoms with van der Waals surface area (Å²) in [5, 5.41) is 9.46. The molecule has 5 heteroatoms. The van der Waals surface area contributed by atoms with Crippen LogP contribution in [0, 0.1) is 11.2 Å². The Morgan fingerprint density at radius 2 is 2.20 bits per heavy atom. The minimum Gasteiger partial charge on any atom is -0.494 e. The van der Waals surface area contributed by atoms with Gasteiger partial charge in [-0.15, -0.1) is 0 Å². The molecular formula is C15H17FO4. The fourth-order valence-corrected chi connectivity index (χ4v) is 2.76. The van der Waals surface area contributed by atoms with Crippen LogP contribution in [0.1, 0.15) is 31.2 Å². The normalized spacial score (nSPS) is 22.6. The number of ketones is 1. The summed E-state index contributed by atoms with van der Waals surface area (Å²) in [5.41, 5.74) is -1.28. The highest BCUT2D eigenvalue weighted by Crippen LogP contribution is 2.38. The highest BCUT2D eigenvalue weighted by atomic mass is 19.1. The molecular weight excluding hydrogens is 263 g/mol. The molecule has 0 radical (unpaired) electrons. The van der Waals surface area contributed by atoms with Crippen molar-refractivity contribution in [2.45, 2.75) is 32.1 Å². The zero-order valence-corrected chi connectivity index (χ0v) is 11.3. The predicted molar refractivity (Wildman–Crippen MR) is 70.2 cm³/mol. The molecule has 0 heterocycles. The van der Waals surface area contributed by atoms with E-state index >= 15 is 0 Å². The standard InChI is InChI=1S/C15H17FO4/c1-20-11-6-4-5-10(13(11)16)9-15(14(18)19)8-3-2-7-12(15)17/h4-6H,2-3,7-9H2,1H3,(H,18,19). The van der Waals surface area contributed by atoms with Gasteiger partial charge < -0.3 is 9.84 Å². The van der Waals surface area contributed by atoms with Gasteiger partial charge >= 0.3 is 5.97 Å². The molecule has 0 bridgehead atoms. The van der Waals surface area contributed by atoms with E-state index < -0.39 is 17.2 Å². The third-order valence-corrected chi connectivity index (χ3v) is 3.96. The molecule has 1 fully saturated rings. The van der Waals surface area contributed by atoms with Crippen molar-refractivity contribution in [1.82, 2.24) is 0 Å². The number of carbonyl (C=O) groups excluding carboxylic acids is 1. The quantitative estimate of drug-likeness (QED) is 0.861. The van der Waals surface area contributed by atoms with Crippen LogP contribution in [0.3, 0.4) is 0 Å². The van der Waals surface area contributed by atoms with Crippen LogP contribution in [-0.4, -0.2) is 24.0 Å². The maximum atomic E-state index is 14.2. The van der Waals surface area contributed by atoms with Gasteiger partial charge in [-0.2, -0.15) is 0 Å². The van der Waals surface area contributed by atoms with Crippen LogP contribution in [0.2, 0.25) is 0 Å². The summed E-state index contributed by atoms with van der Waals surface area (Å²) in [6.45, 7) is 0. The van der Waals surface area contributed by atoms with Gasteiger partial charge in [0.25, 0.3) is 0 Å². The fraction of sp³-hybridized carbons (Fsp3) is 0.467. The monoisotopic (exact) mass is 280 g/mol. The van der Waals surface area contributed by atoms with Crippen molar-refractivity contribution >= 4 is 11.8 Å². The van der Waals surface area contributed by atoms with Crippen molar-refractivity contribution in [3.8, 4) is 5.75 Å². The molecule has 1 unspecified atom stereocenters. The first-order valence-corrected chi connectivity index (χ1v) is 6.59. The van der Waals surface area contributed by atoms with Crippen molar-refractivity contribution < 1.29 is 23.8 Å². The third kappa shape index (κ3) is 2.40. The summed E-state index contributed by atoms with van der Waals surface area (Å²) in [4.78, 5) is 23.7. The van der Waals surface area contributed by atoms with Crippen LogP contribution >= 0.6 is 0 Å².